The Morgan fingerprint density at radius 2 is 1.81 bits per heavy atom. The van der Waals surface area contributed by atoms with Crippen LogP contribution in [0, 0.1) is 10.8 Å². The molecule has 3 rings (SSSR count). The normalized spacial score (nSPS) is 25.2. The van der Waals surface area contributed by atoms with Crippen molar-refractivity contribution in [2.24, 2.45) is 10.8 Å². The van der Waals surface area contributed by atoms with E-state index >= 15 is 0 Å². The van der Waals surface area contributed by atoms with E-state index in [9.17, 15) is 19.2 Å². The van der Waals surface area contributed by atoms with Gasteiger partial charge in [-0.2, -0.15) is 0 Å². The summed E-state index contributed by atoms with van der Waals surface area (Å²) >= 11 is 6.18. The van der Waals surface area contributed by atoms with Crippen LogP contribution in [0.5, 0.6) is 0 Å². The van der Waals surface area contributed by atoms with Gasteiger partial charge in [0.05, 0.1) is 16.0 Å². The molecular weight excluding hydrogens is 354 g/mol. The summed E-state index contributed by atoms with van der Waals surface area (Å²) in [5.74, 6) is -1.39. The number of carbonyl (C=O) groups excluding carboxylic acids is 4. The number of hydrogen-bond acceptors (Lipinski definition) is 5. The largest absolute Gasteiger partial charge is 0.297 e. The van der Waals surface area contributed by atoms with Gasteiger partial charge in [-0.15, -0.1) is 0 Å². The summed E-state index contributed by atoms with van der Waals surface area (Å²) in [7, 11) is 0. The second kappa shape index (κ2) is 5.97. The number of halogens is 1. The van der Waals surface area contributed by atoms with Crippen LogP contribution in [0.25, 0.3) is 10.9 Å². The zero-order chi connectivity index (χ0) is 19.3. The SMILES string of the molecule is CC1(C)C(=O)C(c2ccc(Cl)c3ncccc23)C(=O)C(C)(C=C=O)C1=O. The fraction of sp³-hybridized carbons (Fsp3) is 0.300. The first-order chi connectivity index (χ1) is 12.2. The molecule has 0 radical (unpaired) electrons. The average molecular weight is 370 g/mol. The molecule has 26 heavy (non-hydrogen) atoms. The average Bonchev–Trinajstić information content (AvgIpc) is 2.62. The Bertz CT molecular complexity index is 1020. The number of rotatable bonds is 2. The van der Waals surface area contributed by atoms with Crippen molar-refractivity contribution < 1.29 is 19.2 Å². The van der Waals surface area contributed by atoms with Crippen LogP contribution in [-0.2, 0) is 19.2 Å². The molecule has 1 aliphatic rings. The van der Waals surface area contributed by atoms with Crippen LogP contribution in [0.2, 0.25) is 5.02 Å². The van der Waals surface area contributed by atoms with Gasteiger partial charge in [0, 0.05) is 17.7 Å². The highest BCUT2D eigenvalue weighted by Crippen LogP contribution is 2.46. The zero-order valence-electron chi connectivity index (χ0n) is 14.5. The van der Waals surface area contributed by atoms with Crippen molar-refractivity contribution in [3.8, 4) is 0 Å². The number of fused-ring (bicyclic) bond motifs is 1. The Labute approximate surface area is 155 Å². The molecule has 1 aliphatic carbocycles. The van der Waals surface area contributed by atoms with E-state index < -0.39 is 34.1 Å². The molecule has 0 N–H and O–H groups in total. The van der Waals surface area contributed by atoms with Gasteiger partial charge in [-0.3, -0.25) is 19.4 Å². The Hall–Kier alpha value is -2.62. The summed E-state index contributed by atoms with van der Waals surface area (Å²) in [5, 5.41) is 0.959. The van der Waals surface area contributed by atoms with Crippen LogP contribution in [0.15, 0.2) is 36.5 Å². The standard InChI is InChI=1S/C20H16ClNO4/c1-19(2)16(24)14(17(25)20(3,8-10-23)18(19)26)11-6-7-13(21)15-12(11)5-4-9-22-15/h4-9,14H,1-3H3. The minimum Gasteiger partial charge on any atom is -0.297 e. The first kappa shape index (κ1) is 18.2. The van der Waals surface area contributed by atoms with E-state index in [1.165, 1.54) is 20.8 Å². The molecule has 6 heteroatoms. The van der Waals surface area contributed by atoms with E-state index in [1.54, 1.807) is 36.4 Å². The minimum absolute atomic E-state index is 0.394. The summed E-state index contributed by atoms with van der Waals surface area (Å²) in [5.41, 5.74) is -2.24. The van der Waals surface area contributed by atoms with Gasteiger partial charge in [-0.1, -0.05) is 23.7 Å². The van der Waals surface area contributed by atoms with Crippen molar-refractivity contribution in [1.82, 2.24) is 4.98 Å². The fourth-order valence-electron chi connectivity index (χ4n) is 3.60. The summed E-state index contributed by atoms with van der Waals surface area (Å²) in [6.07, 6.45) is 2.48. The molecule has 0 bridgehead atoms. The molecule has 2 unspecified atom stereocenters. The summed E-state index contributed by atoms with van der Waals surface area (Å²) in [6.45, 7) is 4.31. The Morgan fingerprint density at radius 3 is 2.46 bits per heavy atom. The number of pyridine rings is 1. The lowest BCUT2D eigenvalue weighted by molar-refractivity contribution is -0.155. The van der Waals surface area contributed by atoms with E-state index in [1.807, 2.05) is 0 Å². The van der Waals surface area contributed by atoms with E-state index in [-0.39, 0.29) is 0 Å². The molecule has 1 fully saturated rings. The predicted molar refractivity (Wildman–Crippen MR) is 96.7 cm³/mol. The summed E-state index contributed by atoms with van der Waals surface area (Å²) in [4.78, 5) is 54.2. The van der Waals surface area contributed by atoms with E-state index in [2.05, 4.69) is 4.98 Å². The third-order valence-corrected chi connectivity index (χ3v) is 5.41. The molecule has 2 aromatic rings. The molecule has 1 saturated carbocycles. The van der Waals surface area contributed by atoms with Gasteiger partial charge in [-0.05, 0) is 38.5 Å². The second-order valence-electron chi connectivity index (χ2n) is 7.12. The number of benzene rings is 1. The van der Waals surface area contributed by atoms with Gasteiger partial charge in [0.25, 0.3) is 0 Å². The Balaban J connectivity index is 2.33. The van der Waals surface area contributed by atoms with Crippen molar-refractivity contribution in [3.05, 3.63) is 47.1 Å². The highest BCUT2D eigenvalue weighted by molar-refractivity contribution is 6.36. The van der Waals surface area contributed by atoms with Crippen LogP contribution in [0.1, 0.15) is 32.3 Å². The predicted octanol–water partition coefficient (Wildman–Crippen LogP) is 3.11. The molecule has 1 aromatic carbocycles. The lowest BCUT2D eigenvalue weighted by Crippen LogP contribution is -2.56. The third-order valence-electron chi connectivity index (χ3n) is 5.10. The van der Waals surface area contributed by atoms with Gasteiger partial charge < -0.3 is 0 Å². The van der Waals surface area contributed by atoms with Gasteiger partial charge in [0.15, 0.2) is 17.3 Å². The number of nitrogens with zero attached hydrogens (tertiary/aromatic N) is 1. The molecule has 0 aliphatic heterocycles. The van der Waals surface area contributed by atoms with Gasteiger partial charge in [-0.25, -0.2) is 4.79 Å². The number of ketones is 3. The van der Waals surface area contributed by atoms with Crippen molar-refractivity contribution in [3.63, 3.8) is 0 Å². The van der Waals surface area contributed by atoms with Crippen molar-refractivity contribution in [2.75, 3.05) is 0 Å². The van der Waals surface area contributed by atoms with E-state index in [4.69, 9.17) is 11.6 Å². The molecule has 0 saturated heterocycles. The summed E-state index contributed by atoms with van der Waals surface area (Å²) < 4.78 is 0. The van der Waals surface area contributed by atoms with Crippen LogP contribution in [0.3, 0.4) is 0 Å². The number of allylic oxidation sites excluding steroid dienone is 1. The molecule has 1 heterocycles. The molecule has 5 nitrogen and oxygen atoms in total. The van der Waals surface area contributed by atoms with Crippen molar-refractivity contribution in [2.45, 2.75) is 26.7 Å². The van der Waals surface area contributed by atoms with Gasteiger partial charge in [0.2, 0.25) is 0 Å². The third kappa shape index (κ3) is 2.36. The van der Waals surface area contributed by atoms with E-state index in [0.29, 0.717) is 21.5 Å². The van der Waals surface area contributed by atoms with Crippen LogP contribution in [0.4, 0.5) is 0 Å². The summed E-state index contributed by atoms with van der Waals surface area (Å²) in [6, 6.07) is 6.58. The maximum atomic E-state index is 13.2. The zero-order valence-corrected chi connectivity index (χ0v) is 15.3. The molecule has 0 amide bonds. The maximum absolute atomic E-state index is 13.2. The Morgan fingerprint density at radius 1 is 1.12 bits per heavy atom. The lowest BCUT2D eigenvalue weighted by Gasteiger charge is -2.40. The van der Waals surface area contributed by atoms with Crippen molar-refractivity contribution in [1.29, 1.82) is 0 Å². The minimum atomic E-state index is -1.71. The monoisotopic (exact) mass is 369 g/mol. The quantitative estimate of drug-likeness (QED) is 0.600. The smallest absolute Gasteiger partial charge is 0.165 e. The topological polar surface area (TPSA) is 81.2 Å². The number of carbonyl (C=O) groups is 3. The maximum Gasteiger partial charge on any atom is 0.165 e. The van der Waals surface area contributed by atoms with Gasteiger partial charge in [0.1, 0.15) is 17.3 Å². The first-order valence-corrected chi connectivity index (χ1v) is 8.42. The number of Topliss-reactive ketones (excluding diaryl/α,β-unsaturated/α-hetero) is 3. The van der Waals surface area contributed by atoms with Gasteiger partial charge >= 0.3 is 0 Å². The first-order valence-electron chi connectivity index (χ1n) is 8.05. The van der Waals surface area contributed by atoms with Crippen LogP contribution in [-0.4, -0.2) is 28.3 Å². The fourth-order valence-corrected chi connectivity index (χ4v) is 3.82. The molecular formula is C20H16ClNO4. The molecule has 2 atom stereocenters. The lowest BCUT2D eigenvalue weighted by atomic mass is 9.57. The van der Waals surface area contributed by atoms with Crippen LogP contribution >= 0.6 is 11.6 Å². The van der Waals surface area contributed by atoms with Crippen molar-refractivity contribution >= 4 is 45.8 Å². The Kier molecular flexibility index (Phi) is 4.18. The highest BCUT2D eigenvalue weighted by atomic mass is 35.5. The molecule has 0 spiro atoms. The second-order valence-corrected chi connectivity index (χ2v) is 7.52. The van der Waals surface area contributed by atoms with E-state index in [0.717, 1.165) is 6.08 Å². The number of aromatic nitrogens is 1. The molecule has 132 valence electrons. The number of hydrogen-bond donors (Lipinski definition) is 0. The molecule has 1 aromatic heterocycles. The highest BCUT2D eigenvalue weighted by Gasteiger charge is 2.59. The van der Waals surface area contributed by atoms with Crippen LogP contribution < -0.4 is 0 Å².